The number of halogens is 2. The van der Waals surface area contributed by atoms with Crippen molar-refractivity contribution in [2.45, 2.75) is 31.8 Å². The SMILES string of the molecule is CN(C)C[C@H]1CCCC[C@H]1OC(=O)/C=C/c1ccc(Cl)cc1Cl. The van der Waals surface area contributed by atoms with Gasteiger partial charge in [-0.3, -0.25) is 0 Å². The molecule has 23 heavy (non-hydrogen) atoms. The van der Waals surface area contributed by atoms with Gasteiger partial charge in [-0.15, -0.1) is 0 Å². The molecule has 1 aromatic carbocycles. The normalized spacial score (nSPS) is 21.8. The molecular formula is C18H23Cl2NO2. The summed E-state index contributed by atoms with van der Waals surface area (Å²) in [6.07, 6.45) is 7.50. The van der Waals surface area contributed by atoms with Crippen molar-refractivity contribution in [2.75, 3.05) is 20.6 Å². The van der Waals surface area contributed by atoms with Gasteiger partial charge in [0.15, 0.2) is 0 Å². The first-order chi connectivity index (χ1) is 11.0. The van der Waals surface area contributed by atoms with Gasteiger partial charge in [0.1, 0.15) is 6.10 Å². The molecule has 5 heteroatoms. The third kappa shape index (κ3) is 5.83. The average Bonchev–Trinajstić information content (AvgIpc) is 2.48. The maximum Gasteiger partial charge on any atom is 0.331 e. The van der Waals surface area contributed by atoms with Crippen LogP contribution in [0.25, 0.3) is 6.08 Å². The summed E-state index contributed by atoms with van der Waals surface area (Å²) in [5.41, 5.74) is 0.751. The van der Waals surface area contributed by atoms with E-state index >= 15 is 0 Å². The van der Waals surface area contributed by atoms with E-state index in [1.165, 1.54) is 12.5 Å². The van der Waals surface area contributed by atoms with Crippen molar-refractivity contribution in [3.8, 4) is 0 Å². The summed E-state index contributed by atoms with van der Waals surface area (Å²) in [5, 5.41) is 1.09. The summed E-state index contributed by atoms with van der Waals surface area (Å²) < 4.78 is 5.67. The Morgan fingerprint density at radius 2 is 2.04 bits per heavy atom. The van der Waals surface area contributed by atoms with Crippen molar-refractivity contribution in [3.05, 3.63) is 39.9 Å². The van der Waals surface area contributed by atoms with Gasteiger partial charge in [-0.2, -0.15) is 0 Å². The second-order valence-corrected chi connectivity index (χ2v) is 7.12. The number of ether oxygens (including phenoxy) is 1. The highest BCUT2D eigenvalue weighted by atomic mass is 35.5. The van der Waals surface area contributed by atoms with E-state index in [0.717, 1.165) is 31.4 Å². The van der Waals surface area contributed by atoms with Gasteiger partial charge in [0.25, 0.3) is 0 Å². The molecule has 126 valence electrons. The molecule has 1 aliphatic rings. The lowest BCUT2D eigenvalue weighted by Crippen LogP contribution is -2.36. The summed E-state index contributed by atoms with van der Waals surface area (Å²) in [7, 11) is 4.10. The van der Waals surface area contributed by atoms with E-state index in [9.17, 15) is 4.79 Å². The molecule has 0 saturated heterocycles. The van der Waals surface area contributed by atoms with E-state index in [0.29, 0.717) is 16.0 Å². The van der Waals surface area contributed by atoms with Crippen LogP contribution in [0.15, 0.2) is 24.3 Å². The van der Waals surface area contributed by atoms with E-state index in [4.69, 9.17) is 27.9 Å². The van der Waals surface area contributed by atoms with Crippen molar-refractivity contribution in [3.63, 3.8) is 0 Å². The molecule has 0 heterocycles. The minimum Gasteiger partial charge on any atom is -0.459 e. The molecule has 0 unspecified atom stereocenters. The maximum absolute atomic E-state index is 12.1. The molecule has 0 N–H and O–H groups in total. The minimum absolute atomic E-state index is 0.00369. The Morgan fingerprint density at radius 1 is 1.30 bits per heavy atom. The van der Waals surface area contributed by atoms with Gasteiger partial charge >= 0.3 is 5.97 Å². The average molecular weight is 356 g/mol. The van der Waals surface area contributed by atoms with Gasteiger partial charge in [0, 0.05) is 28.6 Å². The highest BCUT2D eigenvalue weighted by Gasteiger charge is 2.28. The molecule has 0 amide bonds. The Hall–Kier alpha value is -1.03. The van der Waals surface area contributed by atoms with Crippen LogP contribution in [-0.4, -0.2) is 37.6 Å². The Balaban J connectivity index is 1.95. The fourth-order valence-electron chi connectivity index (χ4n) is 2.99. The summed E-state index contributed by atoms with van der Waals surface area (Å²) in [6, 6.07) is 5.18. The van der Waals surface area contributed by atoms with Crippen molar-refractivity contribution < 1.29 is 9.53 Å². The number of hydrogen-bond donors (Lipinski definition) is 0. The third-order valence-electron chi connectivity index (χ3n) is 4.07. The fraction of sp³-hybridized carbons (Fsp3) is 0.500. The summed E-state index contributed by atoms with van der Waals surface area (Å²) >= 11 is 12.0. The zero-order valence-corrected chi connectivity index (χ0v) is 15.1. The van der Waals surface area contributed by atoms with Crippen LogP contribution in [0.2, 0.25) is 10.0 Å². The molecule has 3 nitrogen and oxygen atoms in total. The van der Waals surface area contributed by atoms with E-state index < -0.39 is 0 Å². The first kappa shape index (κ1) is 18.3. The largest absolute Gasteiger partial charge is 0.459 e. The third-order valence-corrected chi connectivity index (χ3v) is 4.63. The van der Waals surface area contributed by atoms with Crippen LogP contribution >= 0.6 is 23.2 Å². The van der Waals surface area contributed by atoms with E-state index in [2.05, 4.69) is 19.0 Å². The Bertz CT molecular complexity index is 572. The zero-order chi connectivity index (χ0) is 16.8. The van der Waals surface area contributed by atoms with Crippen molar-refractivity contribution in [2.24, 2.45) is 5.92 Å². The molecule has 2 rings (SSSR count). The van der Waals surface area contributed by atoms with Crippen molar-refractivity contribution in [1.82, 2.24) is 4.90 Å². The predicted octanol–water partition coefficient (Wildman–Crippen LogP) is 4.67. The molecule has 0 aromatic heterocycles. The van der Waals surface area contributed by atoms with Crippen LogP contribution in [0.4, 0.5) is 0 Å². The van der Waals surface area contributed by atoms with Gasteiger partial charge < -0.3 is 9.64 Å². The Labute approximate surface area is 148 Å². The van der Waals surface area contributed by atoms with Gasteiger partial charge in [-0.05, 0) is 57.1 Å². The van der Waals surface area contributed by atoms with Crippen molar-refractivity contribution >= 4 is 35.2 Å². The van der Waals surface area contributed by atoms with Gasteiger partial charge in [-0.25, -0.2) is 4.79 Å². The maximum atomic E-state index is 12.1. The van der Waals surface area contributed by atoms with E-state index in [1.54, 1.807) is 24.3 Å². The second kappa shape index (κ2) is 8.72. The van der Waals surface area contributed by atoms with E-state index in [-0.39, 0.29) is 12.1 Å². The molecule has 0 aliphatic heterocycles. The minimum atomic E-state index is -0.313. The van der Waals surface area contributed by atoms with Crippen LogP contribution < -0.4 is 0 Å². The molecule has 1 saturated carbocycles. The number of esters is 1. The summed E-state index contributed by atoms with van der Waals surface area (Å²) in [6.45, 7) is 0.949. The van der Waals surface area contributed by atoms with Gasteiger partial charge in [0.05, 0.1) is 0 Å². The van der Waals surface area contributed by atoms with Gasteiger partial charge in [0.2, 0.25) is 0 Å². The highest BCUT2D eigenvalue weighted by Crippen LogP contribution is 2.28. The molecular weight excluding hydrogens is 333 g/mol. The van der Waals surface area contributed by atoms with Crippen LogP contribution in [0.5, 0.6) is 0 Å². The Kier molecular flexibility index (Phi) is 6.94. The monoisotopic (exact) mass is 355 g/mol. The quantitative estimate of drug-likeness (QED) is 0.567. The van der Waals surface area contributed by atoms with E-state index in [1.807, 2.05) is 0 Å². The molecule has 0 bridgehead atoms. The Morgan fingerprint density at radius 3 is 2.74 bits per heavy atom. The molecule has 1 aromatic rings. The van der Waals surface area contributed by atoms with Crippen LogP contribution in [-0.2, 0) is 9.53 Å². The number of rotatable bonds is 5. The molecule has 2 atom stereocenters. The zero-order valence-electron chi connectivity index (χ0n) is 13.6. The lowest BCUT2D eigenvalue weighted by molar-refractivity contribution is -0.147. The standard InChI is InChI=1S/C18H23Cl2NO2/c1-21(2)12-14-5-3-4-6-17(14)23-18(22)10-8-13-7-9-15(19)11-16(13)20/h7-11,14,17H,3-6,12H2,1-2H3/b10-8+/t14-,17-/m1/s1. The number of hydrogen-bond acceptors (Lipinski definition) is 3. The summed E-state index contributed by atoms with van der Waals surface area (Å²) in [5.74, 6) is 0.0990. The first-order valence-electron chi connectivity index (χ1n) is 7.94. The first-order valence-corrected chi connectivity index (χ1v) is 8.70. The summed E-state index contributed by atoms with van der Waals surface area (Å²) in [4.78, 5) is 14.3. The van der Waals surface area contributed by atoms with Crippen LogP contribution in [0, 0.1) is 5.92 Å². The number of carbonyl (C=O) groups excluding carboxylic acids is 1. The lowest BCUT2D eigenvalue weighted by Gasteiger charge is -2.32. The molecule has 0 spiro atoms. The number of carbonyl (C=O) groups is 1. The van der Waals surface area contributed by atoms with Crippen LogP contribution in [0.3, 0.4) is 0 Å². The topological polar surface area (TPSA) is 29.5 Å². The smallest absolute Gasteiger partial charge is 0.331 e. The number of benzene rings is 1. The van der Waals surface area contributed by atoms with Crippen LogP contribution in [0.1, 0.15) is 31.2 Å². The number of nitrogens with zero attached hydrogens (tertiary/aromatic N) is 1. The molecule has 1 aliphatic carbocycles. The predicted molar refractivity (Wildman–Crippen MR) is 95.9 cm³/mol. The lowest BCUT2D eigenvalue weighted by atomic mass is 9.86. The molecule has 0 radical (unpaired) electrons. The van der Waals surface area contributed by atoms with Crippen molar-refractivity contribution in [1.29, 1.82) is 0 Å². The molecule has 1 fully saturated rings. The second-order valence-electron chi connectivity index (χ2n) is 6.28. The fourth-order valence-corrected chi connectivity index (χ4v) is 3.46. The van der Waals surface area contributed by atoms with Gasteiger partial charge in [-0.1, -0.05) is 35.7 Å². The highest BCUT2D eigenvalue weighted by molar-refractivity contribution is 6.35.